The van der Waals surface area contributed by atoms with E-state index >= 15 is 0 Å². The lowest BCUT2D eigenvalue weighted by Crippen LogP contribution is -2.21. The molecule has 2 aromatic carbocycles. The average Bonchev–Trinajstić information content (AvgIpc) is 2.57. The van der Waals surface area contributed by atoms with E-state index in [1.54, 1.807) is 44.4 Å². The molecule has 0 heterocycles. The molecule has 6 heteroatoms. The summed E-state index contributed by atoms with van der Waals surface area (Å²) < 4.78 is 0. The molecule has 0 saturated carbocycles. The van der Waals surface area contributed by atoms with Crippen LogP contribution in [-0.4, -0.2) is 30.8 Å². The van der Waals surface area contributed by atoms with Gasteiger partial charge >= 0.3 is 0 Å². The third-order valence-corrected chi connectivity index (χ3v) is 4.29. The van der Waals surface area contributed by atoms with E-state index in [4.69, 9.17) is 23.2 Å². The first-order valence-electron chi connectivity index (χ1n) is 7.43. The molecule has 1 N–H and O–H groups in total. The Bertz CT molecular complexity index is 743. The van der Waals surface area contributed by atoms with Crippen molar-refractivity contribution in [3.05, 3.63) is 63.6 Å². The van der Waals surface area contributed by atoms with Crippen molar-refractivity contribution in [3.8, 4) is 0 Å². The van der Waals surface area contributed by atoms with Crippen LogP contribution in [0.2, 0.25) is 10.0 Å². The van der Waals surface area contributed by atoms with Gasteiger partial charge in [0.05, 0.1) is 15.7 Å². The molecule has 0 saturated heterocycles. The quantitative estimate of drug-likeness (QED) is 0.861. The van der Waals surface area contributed by atoms with Crippen LogP contribution in [0.4, 0.5) is 5.69 Å². The fourth-order valence-corrected chi connectivity index (χ4v) is 2.49. The predicted molar refractivity (Wildman–Crippen MR) is 97.9 cm³/mol. The molecule has 0 aliphatic heterocycles. The smallest absolute Gasteiger partial charge is 0.253 e. The third-order valence-electron chi connectivity index (χ3n) is 3.47. The summed E-state index contributed by atoms with van der Waals surface area (Å²) in [5.74, 6) is -0.192. The van der Waals surface area contributed by atoms with Gasteiger partial charge in [-0.25, -0.2) is 0 Å². The fourth-order valence-electron chi connectivity index (χ4n) is 2.14. The summed E-state index contributed by atoms with van der Waals surface area (Å²) in [6.07, 6.45) is 0.879. The van der Waals surface area contributed by atoms with E-state index in [-0.39, 0.29) is 11.8 Å². The summed E-state index contributed by atoms with van der Waals surface area (Å²) in [5, 5.41) is 3.48. The summed E-state index contributed by atoms with van der Waals surface area (Å²) in [4.78, 5) is 25.4. The highest BCUT2D eigenvalue weighted by Gasteiger charge is 2.10. The Morgan fingerprint density at radius 2 is 1.71 bits per heavy atom. The van der Waals surface area contributed by atoms with Crippen molar-refractivity contribution >= 4 is 40.7 Å². The van der Waals surface area contributed by atoms with Crippen molar-refractivity contribution in [1.82, 2.24) is 4.90 Å². The van der Waals surface area contributed by atoms with Crippen LogP contribution in [0.15, 0.2) is 42.5 Å². The van der Waals surface area contributed by atoms with Gasteiger partial charge in [0.2, 0.25) is 5.91 Å². The zero-order chi connectivity index (χ0) is 17.7. The Morgan fingerprint density at radius 1 is 1.04 bits per heavy atom. The number of halogens is 2. The molecule has 0 fully saturated rings. The maximum Gasteiger partial charge on any atom is 0.253 e. The van der Waals surface area contributed by atoms with Crippen molar-refractivity contribution in [2.24, 2.45) is 0 Å². The first-order chi connectivity index (χ1) is 11.4. The molecule has 0 spiro atoms. The Labute approximate surface area is 151 Å². The number of benzene rings is 2. The van der Waals surface area contributed by atoms with Crippen LogP contribution >= 0.6 is 23.2 Å². The number of nitrogens with zero attached hydrogens (tertiary/aromatic N) is 1. The summed E-state index contributed by atoms with van der Waals surface area (Å²) in [6.45, 7) is 0. The highest BCUT2D eigenvalue weighted by molar-refractivity contribution is 6.43. The van der Waals surface area contributed by atoms with Crippen molar-refractivity contribution in [2.45, 2.75) is 12.8 Å². The van der Waals surface area contributed by atoms with E-state index in [1.807, 2.05) is 12.1 Å². The van der Waals surface area contributed by atoms with Gasteiger partial charge < -0.3 is 10.2 Å². The SMILES string of the molecule is CN(C)C(=O)c1ccc(CCC(=O)Nc2cccc(Cl)c2Cl)cc1. The Balaban J connectivity index is 1.92. The van der Waals surface area contributed by atoms with Gasteiger partial charge in [0.15, 0.2) is 0 Å². The molecular weight excluding hydrogens is 347 g/mol. The molecule has 126 valence electrons. The summed E-state index contributed by atoms with van der Waals surface area (Å²) in [5.41, 5.74) is 2.11. The van der Waals surface area contributed by atoms with Crippen LogP contribution in [0.25, 0.3) is 0 Å². The van der Waals surface area contributed by atoms with Crippen molar-refractivity contribution in [2.75, 3.05) is 19.4 Å². The van der Waals surface area contributed by atoms with Crippen LogP contribution < -0.4 is 5.32 Å². The second-order valence-electron chi connectivity index (χ2n) is 5.55. The first-order valence-corrected chi connectivity index (χ1v) is 8.18. The van der Waals surface area contributed by atoms with Gasteiger partial charge in [0, 0.05) is 26.1 Å². The molecule has 0 aliphatic rings. The molecule has 2 rings (SSSR count). The number of nitrogens with one attached hydrogen (secondary N) is 1. The average molecular weight is 365 g/mol. The maximum absolute atomic E-state index is 12.0. The summed E-state index contributed by atoms with van der Waals surface area (Å²) in [6, 6.07) is 12.3. The predicted octanol–water partition coefficient (Wildman–Crippen LogP) is 4.27. The Morgan fingerprint density at radius 3 is 2.33 bits per heavy atom. The van der Waals surface area contributed by atoms with E-state index in [1.165, 1.54) is 4.90 Å². The monoisotopic (exact) mass is 364 g/mol. The van der Waals surface area contributed by atoms with E-state index in [0.717, 1.165) is 5.56 Å². The van der Waals surface area contributed by atoms with Crippen LogP contribution in [0, 0.1) is 0 Å². The number of amides is 2. The molecule has 0 aromatic heterocycles. The van der Waals surface area contributed by atoms with E-state index in [9.17, 15) is 9.59 Å². The molecule has 0 bridgehead atoms. The molecular formula is C18H18Cl2N2O2. The lowest BCUT2D eigenvalue weighted by atomic mass is 10.1. The van der Waals surface area contributed by atoms with Gasteiger partial charge in [-0.2, -0.15) is 0 Å². The number of aryl methyl sites for hydroxylation is 1. The van der Waals surface area contributed by atoms with Crippen LogP contribution in [0.1, 0.15) is 22.3 Å². The maximum atomic E-state index is 12.0. The second kappa shape index (κ2) is 8.18. The van der Waals surface area contributed by atoms with Crippen molar-refractivity contribution < 1.29 is 9.59 Å². The first kappa shape index (κ1) is 18.3. The van der Waals surface area contributed by atoms with Gasteiger partial charge in [-0.15, -0.1) is 0 Å². The van der Waals surface area contributed by atoms with Gasteiger partial charge in [0.1, 0.15) is 0 Å². The summed E-state index contributed by atoms with van der Waals surface area (Å²) >= 11 is 12.0. The lowest BCUT2D eigenvalue weighted by molar-refractivity contribution is -0.116. The lowest BCUT2D eigenvalue weighted by Gasteiger charge is -2.11. The molecule has 2 aromatic rings. The largest absolute Gasteiger partial charge is 0.345 e. The topological polar surface area (TPSA) is 49.4 Å². The fraction of sp³-hybridized carbons (Fsp3) is 0.222. The minimum absolute atomic E-state index is 0.0464. The number of rotatable bonds is 5. The molecule has 0 unspecified atom stereocenters. The Kier molecular flexibility index (Phi) is 6.23. The minimum Gasteiger partial charge on any atom is -0.345 e. The summed E-state index contributed by atoms with van der Waals surface area (Å²) in [7, 11) is 3.42. The van der Waals surface area contributed by atoms with Crippen molar-refractivity contribution in [3.63, 3.8) is 0 Å². The van der Waals surface area contributed by atoms with Crippen molar-refractivity contribution in [1.29, 1.82) is 0 Å². The zero-order valence-electron chi connectivity index (χ0n) is 13.5. The van der Waals surface area contributed by atoms with Crippen LogP contribution in [0.5, 0.6) is 0 Å². The number of carbonyl (C=O) groups excluding carboxylic acids is 2. The molecule has 0 radical (unpaired) electrons. The molecule has 2 amide bonds. The van der Waals surface area contributed by atoms with Gasteiger partial charge in [-0.1, -0.05) is 41.4 Å². The number of hydrogen-bond acceptors (Lipinski definition) is 2. The standard InChI is InChI=1S/C18H18Cl2N2O2/c1-22(2)18(24)13-9-6-12(7-10-13)8-11-16(23)21-15-5-3-4-14(19)17(15)20/h3-7,9-10H,8,11H2,1-2H3,(H,21,23). The molecule has 0 atom stereocenters. The minimum atomic E-state index is -0.146. The van der Waals surface area contributed by atoms with Crippen LogP contribution in [0.3, 0.4) is 0 Å². The van der Waals surface area contributed by atoms with Gasteiger partial charge in [-0.3, -0.25) is 9.59 Å². The molecule has 0 aliphatic carbocycles. The van der Waals surface area contributed by atoms with Gasteiger partial charge in [0.25, 0.3) is 5.91 Å². The second-order valence-corrected chi connectivity index (χ2v) is 6.33. The highest BCUT2D eigenvalue weighted by atomic mass is 35.5. The number of hydrogen-bond donors (Lipinski definition) is 1. The molecule has 4 nitrogen and oxygen atoms in total. The number of anilines is 1. The normalized spacial score (nSPS) is 10.3. The molecule has 24 heavy (non-hydrogen) atoms. The zero-order valence-corrected chi connectivity index (χ0v) is 15.0. The van der Waals surface area contributed by atoms with E-state index in [0.29, 0.717) is 34.1 Å². The third kappa shape index (κ3) is 4.73. The highest BCUT2D eigenvalue weighted by Crippen LogP contribution is 2.29. The van der Waals surface area contributed by atoms with E-state index in [2.05, 4.69) is 5.32 Å². The van der Waals surface area contributed by atoms with E-state index < -0.39 is 0 Å². The van der Waals surface area contributed by atoms with Crippen LogP contribution in [-0.2, 0) is 11.2 Å². The van der Waals surface area contributed by atoms with Gasteiger partial charge in [-0.05, 0) is 36.2 Å². The number of carbonyl (C=O) groups is 2. The Hall–Kier alpha value is -2.04.